The maximum absolute atomic E-state index is 14.9. The number of benzene rings is 3. The van der Waals surface area contributed by atoms with Crippen LogP contribution in [0, 0.1) is 5.41 Å². The fourth-order valence-corrected chi connectivity index (χ4v) is 9.82. The minimum absolute atomic E-state index is 0.00878. The van der Waals surface area contributed by atoms with E-state index in [0.29, 0.717) is 61.3 Å². The van der Waals surface area contributed by atoms with Crippen LogP contribution < -0.4 is 24.8 Å². The number of piperidine rings is 1. The number of ether oxygens (including phenoxy) is 6. The number of pyridine rings is 1. The third-order valence-corrected chi connectivity index (χ3v) is 15.4. The van der Waals surface area contributed by atoms with Crippen LogP contribution in [-0.4, -0.2) is 182 Å². The molecule has 1 saturated heterocycles. The zero-order valence-electron chi connectivity index (χ0n) is 53.1. The number of likely N-dealkylation sites (tertiary alicyclic amines) is 1. The van der Waals surface area contributed by atoms with Crippen LogP contribution in [0.15, 0.2) is 91.8 Å². The van der Waals surface area contributed by atoms with Crippen LogP contribution in [0.4, 0.5) is 0 Å². The molecule has 1 aliphatic heterocycles. The van der Waals surface area contributed by atoms with Crippen LogP contribution in [0.25, 0.3) is 10.8 Å². The van der Waals surface area contributed by atoms with Crippen molar-refractivity contribution in [2.24, 2.45) is 5.41 Å². The van der Waals surface area contributed by atoms with Crippen LogP contribution in [0.3, 0.4) is 0 Å². The number of methoxy groups -OCH3 is 2. The number of unbranched alkanes of at least 4 members (excludes halogenated alkanes) is 1. The highest BCUT2D eigenvalue weighted by atomic mass is 16.5. The molecule has 1 aliphatic rings. The summed E-state index contributed by atoms with van der Waals surface area (Å²) < 4.78 is 34.6. The van der Waals surface area contributed by atoms with Gasteiger partial charge in [-0.25, -0.2) is 9.59 Å². The molecule has 22 heteroatoms. The van der Waals surface area contributed by atoms with Crippen LogP contribution in [0.5, 0.6) is 17.2 Å². The number of nitrogens with one attached hydrogen (secondary N) is 2. The molecule has 0 bridgehead atoms. The standard InChI is InChI=1S/C66H89N7O15/c1-14-17-24-50(61(79)69-49(34-44-26-29-45-22-18-19-23-46(45)33-44)62(80)72(11)52(40-87-65(4,5)6)60(78)68-39-56(74)70(9)16-3)71(10)57(75)41-85-48-36-47(37-67-38-48)53(30-27-43-28-31-54(83-12)55(35-43)84-13)88-64(82)51-25-20-21-32-73(51)63(81)59(77)66(7,8)42-86-58(76)15-2/h15,18-19,22-23,26,28-29,31,33,35-38,49-53H,2,14,16-17,20-21,24-25,27,30,32,34,39-42H2,1,3-13H3,(H,68,78)(H,69,79)/t49-,50-,51-,52-,53+/m0/s1. The summed E-state index contributed by atoms with van der Waals surface area (Å²) in [5.74, 6) is -4.94. The van der Waals surface area contributed by atoms with Gasteiger partial charge in [0.2, 0.25) is 29.4 Å². The number of hydrogen-bond donors (Lipinski definition) is 2. The topological polar surface area (TPSA) is 259 Å². The number of aryl methyl sites for hydroxylation is 1. The van der Waals surface area contributed by atoms with E-state index in [4.69, 9.17) is 28.4 Å². The molecule has 5 atom stereocenters. The highest BCUT2D eigenvalue weighted by Crippen LogP contribution is 2.33. The summed E-state index contributed by atoms with van der Waals surface area (Å²) in [4.78, 5) is 134. The molecule has 4 aromatic rings. The van der Waals surface area contributed by atoms with E-state index in [1.165, 1.54) is 74.2 Å². The molecule has 22 nitrogen and oxygen atoms in total. The minimum Gasteiger partial charge on any atom is -0.493 e. The van der Waals surface area contributed by atoms with Gasteiger partial charge in [0.1, 0.15) is 42.6 Å². The van der Waals surface area contributed by atoms with Crippen molar-refractivity contribution in [3.63, 3.8) is 0 Å². The Morgan fingerprint density at radius 1 is 0.795 bits per heavy atom. The molecular weight excluding hydrogens is 1130 g/mol. The third kappa shape index (κ3) is 20.1. The summed E-state index contributed by atoms with van der Waals surface area (Å²) in [6, 6.07) is 15.7. The Morgan fingerprint density at radius 2 is 1.50 bits per heavy atom. The predicted octanol–water partition coefficient (Wildman–Crippen LogP) is 6.53. The lowest BCUT2D eigenvalue weighted by atomic mass is 9.87. The quantitative estimate of drug-likeness (QED) is 0.0299. The number of carbonyl (C=O) groups excluding carboxylic acids is 9. The lowest BCUT2D eigenvalue weighted by Gasteiger charge is -2.36. The number of likely N-dealkylation sites (N-methyl/N-ethyl adjacent to an activating group) is 3. The Bertz CT molecular complexity index is 3110. The molecule has 6 amide bonds. The molecule has 0 radical (unpaired) electrons. The molecule has 1 fully saturated rings. The van der Waals surface area contributed by atoms with Gasteiger partial charge in [0.25, 0.3) is 11.8 Å². The van der Waals surface area contributed by atoms with E-state index < -0.39 is 95.2 Å². The number of hydrogen-bond acceptors (Lipinski definition) is 16. The van der Waals surface area contributed by atoms with Gasteiger partial charge in [-0.05, 0) is 120 Å². The Balaban J connectivity index is 1.40. The summed E-state index contributed by atoms with van der Waals surface area (Å²) in [5, 5.41) is 7.49. The lowest BCUT2D eigenvalue weighted by molar-refractivity contribution is -0.165. The van der Waals surface area contributed by atoms with Crippen molar-refractivity contribution in [1.29, 1.82) is 0 Å². The number of Topliss-reactive ketones (excluding diaryl/α,β-unsaturated/α-hetero) is 1. The van der Waals surface area contributed by atoms with Crippen molar-refractivity contribution in [2.45, 2.75) is 142 Å². The number of rotatable bonds is 32. The van der Waals surface area contributed by atoms with Crippen LogP contribution in [0.2, 0.25) is 0 Å². The summed E-state index contributed by atoms with van der Waals surface area (Å²) in [6.45, 7) is 14.5. The number of aromatic nitrogens is 1. The van der Waals surface area contributed by atoms with E-state index in [1.807, 2.05) is 76.2 Å². The SMILES string of the molecule is C=CC(=O)OCC(C)(C)C(=O)C(=O)N1CCCC[C@H]1C(=O)O[C@H](CCc1ccc(OC)c(OC)c1)c1cncc(OCC(=O)N(C)[C@@H](CCCC)C(=O)N[C@@H](Cc2ccc3ccccc3c2)C(=O)N(C)[C@@H](COC(C)(C)C)C(=O)NCC(=O)N(C)CC)c1. The number of nitrogens with zero attached hydrogens (tertiary/aromatic N) is 5. The van der Waals surface area contributed by atoms with E-state index in [0.717, 1.165) is 22.4 Å². The first-order valence-electron chi connectivity index (χ1n) is 29.9. The molecule has 0 aliphatic carbocycles. The maximum Gasteiger partial charge on any atom is 0.330 e. The monoisotopic (exact) mass is 1220 g/mol. The molecule has 0 unspecified atom stereocenters. The normalized spacial score (nSPS) is 14.6. The maximum atomic E-state index is 14.9. The molecule has 1 aromatic heterocycles. The van der Waals surface area contributed by atoms with Gasteiger partial charge in [-0.1, -0.05) is 74.9 Å². The number of fused-ring (bicyclic) bond motifs is 1. The second kappa shape index (κ2) is 33.1. The number of carbonyl (C=O) groups is 9. The average molecular weight is 1220 g/mol. The molecule has 0 saturated carbocycles. The van der Waals surface area contributed by atoms with Crippen molar-refractivity contribution in [3.05, 3.63) is 108 Å². The van der Waals surface area contributed by atoms with Gasteiger partial charge in [0.05, 0.1) is 44.6 Å². The highest BCUT2D eigenvalue weighted by Gasteiger charge is 2.43. The minimum atomic E-state index is -1.42. The number of ketones is 1. The Morgan fingerprint density at radius 3 is 2.17 bits per heavy atom. The second-order valence-corrected chi connectivity index (χ2v) is 23.6. The second-order valence-electron chi connectivity index (χ2n) is 23.6. The highest BCUT2D eigenvalue weighted by molar-refractivity contribution is 6.38. The van der Waals surface area contributed by atoms with Crippen LogP contribution in [-0.2, 0) is 70.2 Å². The summed E-state index contributed by atoms with van der Waals surface area (Å²) in [6.07, 6.45) is 6.11. The average Bonchev–Trinajstić information content (AvgIpc) is 1.60. The predicted molar refractivity (Wildman–Crippen MR) is 330 cm³/mol. The van der Waals surface area contributed by atoms with E-state index in [1.54, 1.807) is 32.2 Å². The van der Waals surface area contributed by atoms with E-state index in [-0.39, 0.29) is 63.6 Å². The fraction of sp³-hybridized carbons (Fsp3) is 0.515. The fourth-order valence-electron chi connectivity index (χ4n) is 9.82. The van der Waals surface area contributed by atoms with Crippen molar-refractivity contribution in [1.82, 2.24) is 35.2 Å². The first-order chi connectivity index (χ1) is 41.7. The zero-order chi connectivity index (χ0) is 64.9. The van der Waals surface area contributed by atoms with Gasteiger partial charge >= 0.3 is 11.9 Å². The van der Waals surface area contributed by atoms with Gasteiger partial charge in [-0.3, -0.25) is 38.5 Å². The Kier molecular flexibility index (Phi) is 26.5. The van der Waals surface area contributed by atoms with E-state index in [2.05, 4.69) is 22.2 Å². The zero-order valence-corrected chi connectivity index (χ0v) is 53.1. The molecule has 478 valence electrons. The molecule has 2 heterocycles. The molecule has 0 spiro atoms. The smallest absolute Gasteiger partial charge is 0.330 e. The van der Waals surface area contributed by atoms with Crippen LogP contribution >= 0.6 is 0 Å². The lowest BCUT2D eigenvalue weighted by Crippen LogP contribution is -2.59. The Hall–Kier alpha value is -8.40. The van der Waals surface area contributed by atoms with E-state index in [9.17, 15) is 43.2 Å². The first kappa shape index (κ1) is 70.4. The third-order valence-electron chi connectivity index (χ3n) is 15.4. The van der Waals surface area contributed by atoms with Gasteiger partial charge in [-0.15, -0.1) is 0 Å². The molecule has 5 rings (SSSR count). The van der Waals surface area contributed by atoms with Gasteiger partial charge in [0.15, 0.2) is 18.1 Å². The van der Waals surface area contributed by atoms with Gasteiger partial charge in [0, 0.05) is 58.5 Å². The summed E-state index contributed by atoms with van der Waals surface area (Å²) in [5.41, 5.74) is -0.217. The van der Waals surface area contributed by atoms with Gasteiger partial charge < -0.3 is 58.7 Å². The summed E-state index contributed by atoms with van der Waals surface area (Å²) in [7, 11) is 7.58. The largest absolute Gasteiger partial charge is 0.493 e. The molecular formula is C66H89N7O15. The van der Waals surface area contributed by atoms with E-state index >= 15 is 0 Å². The van der Waals surface area contributed by atoms with Gasteiger partial charge in [-0.2, -0.15) is 0 Å². The molecule has 2 N–H and O–H groups in total. The Labute approximate surface area is 516 Å². The van der Waals surface area contributed by atoms with Crippen molar-refractivity contribution in [2.75, 3.05) is 74.8 Å². The molecule has 88 heavy (non-hydrogen) atoms. The summed E-state index contributed by atoms with van der Waals surface area (Å²) >= 11 is 0. The van der Waals surface area contributed by atoms with Crippen molar-refractivity contribution >= 4 is 63.9 Å². The first-order valence-corrected chi connectivity index (χ1v) is 29.9. The van der Waals surface area contributed by atoms with Crippen LogP contribution in [0.1, 0.15) is 116 Å². The van der Waals surface area contributed by atoms with Crippen molar-refractivity contribution < 1.29 is 71.6 Å². The molecule has 3 aromatic carbocycles. The number of esters is 2. The number of amides is 6. The van der Waals surface area contributed by atoms with Crippen molar-refractivity contribution in [3.8, 4) is 17.2 Å².